The van der Waals surface area contributed by atoms with E-state index in [1.165, 1.54) is 19.3 Å². The minimum atomic E-state index is -0.0225. The van der Waals surface area contributed by atoms with Gasteiger partial charge in [-0.2, -0.15) is 0 Å². The number of methoxy groups -OCH3 is 1. The third-order valence-electron chi connectivity index (χ3n) is 4.57. The van der Waals surface area contributed by atoms with Crippen molar-refractivity contribution in [3.05, 3.63) is 17.5 Å². The Labute approximate surface area is 124 Å². The summed E-state index contributed by atoms with van der Waals surface area (Å²) < 4.78 is 10.1. The Morgan fingerprint density at radius 3 is 3.14 bits per heavy atom. The number of amides is 1. The van der Waals surface area contributed by atoms with Crippen LogP contribution in [-0.2, 0) is 11.3 Å². The summed E-state index contributed by atoms with van der Waals surface area (Å²) in [6.07, 6.45) is 4.68. The van der Waals surface area contributed by atoms with Gasteiger partial charge in [0.05, 0.1) is 0 Å². The van der Waals surface area contributed by atoms with Crippen LogP contribution in [-0.4, -0.2) is 49.3 Å². The highest BCUT2D eigenvalue weighted by Gasteiger charge is 2.38. The molecule has 3 rings (SSSR count). The maximum atomic E-state index is 12.6. The van der Waals surface area contributed by atoms with E-state index in [9.17, 15) is 4.79 Å². The molecule has 116 valence electrons. The number of nitrogens with one attached hydrogen (secondary N) is 1. The monoisotopic (exact) mass is 293 g/mol. The Morgan fingerprint density at radius 2 is 2.38 bits per heavy atom. The van der Waals surface area contributed by atoms with Crippen LogP contribution in [0.4, 0.5) is 0 Å². The molecule has 1 amide bonds. The number of carbonyl (C=O) groups is 1. The molecule has 1 spiro atoms. The van der Waals surface area contributed by atoms with Crippen molar-refractivity contribution in [1.29, 1.82) is 0 Å². The summed E-state index contributed by atoms with van der Waals surface area (Å²) in [6.45, 7) is 4.09. The van der Waals surface area contributed by atoms with Gasteiger partial charge < -0.3 is 19.5 Å². The van der Waals surface area contributed by atoms with Crippen LogP contribution < -0.4 is 5.32 Å². The Hall–Kier alpha value is -1.40. The lowest BCUT2D eigenvalue weighted by Gasteiger charge is -2.45. The van der Waals surface area contributed by atoms with Gasteiger partial charge in [0.25, 0.3) is 5.91 Å². The van der Waals surface area contributed by atoms with Crippen molar-refractivity contribution in [2.45, 2.75) is 32.3 Å². The zero-order valence-corrected chi connectivity index (χ0v) is 12.6. The number of likely N-dealkylation sites (tertiary alicyclic amines) is 1. The number of nitrogens with zero attached hydrogens (tertiary/aromatic N) is 2. The number of hydrogen-bond acceptors (Lipinski definition) is 5. The molecule has 2 fully saturated rings. The predicted octanol–water partition coefficient (Wildman–Crippen LogP) is 1.43. The molecule has 2 aliphatic heterocycles. The molecule has 0 aromatic carbocycles. The molecule has 2 saturated heterocycles. The van der Waals surface area contributed by atoms with Crippen molar-refractivity contribution < 1.29 is 14.1 Å². The highest BCUT2D eigenvalue weighted by Crippen LogP contribution is 2.36. The topological polar surface area (TPSA) is 67.6 Å². The van der Waals surface area contributed by atoms with Gasteiger partial charge in [0.15, 0.2) is 11.5 Å². The standard InChI is InChI=1S/C15H23N3O3/c1-20-9-12-8-13(17-21-12)14(19)18-7-3-5-15(11-18)4-2-6-16-10-15/h8,16H,2-7,9-11H2,1H3. The average molecular weight is 293 g/mol. The van der Waals surface area contributed by atoms with Crippen LogP contribution >= 0.6 is 0 Å². The molecular formula is C15H23N3O3. The second kappa shape index (κ2) is 6.15. The van der Waals surface area contributed by atoms with Crippen LogP contribution in [0.1, 0.15) is 41.9 Å². The van der Waals surface area contributed by atoms with Crippen molar-refractivity contribution in [3.8, 4) is 0 Å². The van der Waals surface area contributed by atoms with Crippen molar-refractivity contribution in [2.75, 3.05) is 33.3 Å². The lowest BCUT2D eigenvalue weighted by Crippen LogP contribution is -2.52. The summed E-state index contributed by atoms with van der Waals surface area (Å²) in [7, 11) is 1.59. The van der Waals surface area contributed by atoms with Crippen LogP contribution in [0.15, 0.2) is 10.6 Å². The summed E-state index contributed by atoms with van der Waals surface area (Å²) in [5.41, 5.74) is 0.647. The molecular weight excluding hydrogens is 270 g/mol. The number of ether oxygens (including phenoxy) is 1. The first kappa shape index (κ1) is 14.5. The molecule has 1 aromatic rings. The Morgan fingerprint density at radius 1 is 1.52 bits per heavy atom. The molecule has 0 aliphatic carbocycles. The zero-order valence-electron chi connectivity index (χ0n) is 12.6. The summed E-state index contributed by atoms with van der Waals surface area (Å²) in [6, 6.07) is 1.69. The molecule has 0 saturated carbocycles. The molecule has 3 heterocycles. The van der Waals surface area contributed by atoms with Crippen molar-refractivity contribution in [1.82, 2.24) is 15.4 Å². The van der Waals surface area contributed by atoms with Gasteiger partial charge in [-0.15, -0.1) is 0 Å². The number of piperidine rings is 2. The summed E-state index contributed by atoms with van der Waals surface area (Å²) in [5, 5.41) is 7.36. The molecule has 1 N–H and O–H groups in total. The van der Waals surface area contributed by atoms with Gasteiger partial charge in [-0.3, -0.25) is 4.79 Å². The van der Waals surface area contributed by atoms with Gasteiger partial charge in [0.2, 0.25) is 0 Å². The van der Waals surface area contributed by atoms with Crippen molar-refractivity contribution in [2.24, 2.45) is 5.41 Å². The van der Waals surface area contributed by atoms with Crippen LogP contribution in [0.25, 0.3) is 0 Å². The first-order valence-corrected chi connectivity index (χ1v) is 7.67. The average Bonchev–Trinajstić information content (AvgIpc) is 2.96. The molecule has 6 nitrogen and oxygen atoms in total. The van der Waals surface area contributed by atoms with Crippen LogP contribution in [0.3, 0.4) is 0 Å². The Balaban J connectivity index is 1.68. The van der Waals surface area contributed by atoms with E-state index in [4.69, 9.17) is 9.26 Å². The lowest BCUT2D eigenvalue weighted by molar-refractivity contribution is 0.0425. The van der Waals surface area contributed by atoms with Gasteiger partial charge in [0, 0.05) is 38.2 Å². The third-order valence-corrected chi connectivity index (χ3v) is 4.57. The molecule has 21 heavy (non-hydrogen) atoms. The van der Waals surface area contributed by atoms with E-state index in [2.05, 4.69) is 10.5 Å². The summed E-state index contributed by atoms with van der Waals surface area (Å²) in [4.78, 5) is 14.5. The smallest absolute Gasteiger partial charge is 0.276 e. The number of rotatable bonds is 3. The largest absolute Gasteiger partial charge is 0.377 e. The van der Waals surface area contributed by atoms with Crippen LogP contribution in [0, 0.1) is 5.41 Å². The highest BCUT2D eigenvalue weighted by molar-refractivity contribution is 5.92. The lowest BCUT2D eigenvalue weighted by atomic mass is 9.74. The molecule has 1 aromatic heterocycles. The molecule has 0 radical (unpaired) electrons. The fourth-order valence-corrected chi connectivity index (χ4v) is 3.55. The summed E-state index contributed by atoms with van der Waals surface area (Å²) >= 11 is 0. The fourth-order valence-electron chi connectivity index (χ4n) is 3.55. The Bertz CT molecular complexity index is 489. The van der Waals surface area contributed by atoms with Crippen molar-refractivity contribution >= 4 is 5.91 Å². The number of carbonyl (C=O) groups excluding carboxylic acids is 1. The molecule has 2 aliphatic rings. The molecule has 0 bridgehead atoms. The van der Waals surface area contributed by atoms with Crippen LogP contribution in [0.2, 0.25) is 0 Å². The normalized spacial score (nSPS) is 26.2. The third kappa shape index (κ3) is 3.11. The Kier molecular flexibility index (Phi) is 4.26. The van der Waals surface area contributed by atoms with Gasteiger partial charge in [-0.05, 0) is 32.2 Å². The first-order chi connectivity index (χ1) is 10.2. The molecule has 1 unspecified atom stereocenters. The molecule has 1 atom stereocenters. The molecule has 6 heteroatoms. The second-order valence-electron chi connectivity index (χ2n) is 6.22. The fraction of sp³-hybridized carbons (Fsp3) is 0.733. The van der Waals surface area contributed by atoms with E-state index in [1.54, 1.807) is 13.2 Å². The maximum Gasteiger partial charge on any atom is 0.276 e. The minimum absolute atomic E-state index is 0.0225. The number of hydrogen-bond donors (Lipinski definition) is 1. The van der Waals surface area contributed by atoms with Gasteiger partial charge in [0.1, 0.15) is 6.61 Å². The van der Waals surface area contributed by atoms with Gasteiger partial charge in [-0.25, -0.2) is 0 Å². The second-order valence-corrected chi connectivity index (χ2v) is 6.22. The zero-order chi connectivity index (χ0) is 14.7. The van der Waals surface area contributed by atoms with Gasteiger partial charge >= 0.3 is 0 Å². The predicted molar refractivity (Wildman–Crippen MR) is 76.9 cm³/mol. The quantitative estimate of drug-likeness (QED) is 0.913. The number of aromatic nitrogens is 1. The van der Waals surface area contributed by atoms with Crippen LogP contribution in [0.5, 0.6) is 0 Å². The van der Waals surface area contributed by atoms with Crippen molar-refractivity contribution in [3.63, 3.8) is 0 Å². The van der Waals surface area contributed by atoms with E-state index in [0.29, 0.717) is 18.1 Å². The highest BCUT2D eigenvalue weighted by atomic mass is 16.5. The van der Waals surface area contributed by atoms with E-state index in [1.807, 2.05) is 4.90 Å². The first-order valence-electron chi connectivity index (χ1n) is 7.67. The van der Waals surface area contributed by atoms with E-state index in [0.717, 1.165) is 32.6 Å². The minimum Gasteiger partial charge on any atom is -0.377 e. The maximum absolute atomic E-state index is 12.6. The van der Waals surface area contributed by atoms with E-state index >= 15 is 0 Å². The van der Waals surface area contributed by atoms with Gasteiger partial charge in [-0.1, -0.05) is 5.16 Å². The van der Waals surface area contributed by atoms with E-state index in [-0.39, 0.29) is 11.3 Å². The SMILES string of the molecule is COCc1cc(C(=O)N2CCCC3(CCCNC3)C2)no1. The van der Waals surface area contributed by atoms with E-state index < -0.39 is 0 Å². The summed E-state index contributed by atoms with van der Waals surface area (Å²) in [5.74, 6) is 0.567.